The highest BCUT2D eigenvalue weighted by Crippen LogP contribution is 2.22. The highest BCUT2D eigenvalue weighted by atomic mass is 16.5. The molecule has 0 unspecified atom stereocenters. The summed E-state index contributed by atoms with van der Waals surface area (Å²) in [6.45, 7) is 0.861. The molecule has 0 aliphatic heterocycles. The topological polar surface area (TPSA) is 78.5 Å². The number of hydrogen-bond acceptors (Lipinski definition) is 5. The van der Waals surface area contributed by atoms with E-state index in [9.17, 15) is 9.90 Å². The van der Waals surface area contributed by atoms with Gasteiger partial charge in [0.1, 0.15) is 0 Å². The van der Waals surface area contributed by atoms with Crippen LogP contribution in [-0.2, 0) is 6.54 Å². The molecule has 1 heterocycles. The van der Waals surface area contributed by atoms with Crippen LogP contribution in [0.15, 0.2) is 41.5 Å². The lowest BCUT2D eigenvalue weighted by Gasteiger charge is -2.23. The molecule has 106 valence electrons. The Kier molecular flexibility index (Phi) is 4.73. The van der Waals surface area contributed by atoms with Crippen LogP contribution in [0.5, 0.6) is 5.75 Å². The number of methoxy groups -OCH3 is 1. The van der Waals surface area contributed by atoms with Crippen molar-refractivity contribution in [2.24, 2.45) is 0 Å². The van der Waals surface area contributed by atoms with Crippen LogP contribution in [-0.4, -0.2) is 35.3 Å². The number of nitrogens with one attached hydrogen (secondary N) is 1. The molecule has 20 heavy (non-hydrogen) atoms. The molecule has 2 N–H and O–H groups in total. The maximum absolute atomic E-state index is 11.7. The molecule has 2 aromatic rings. The minimum absolute atomic E-state index is 0.0372. The minimum atomic E-state index is -0.339. The van der Waals surface area contributed by atoms with Gasteiger partial charge in [-0.15, -0.1) is 0 Å². The summed E-state index contributed by atoms with van der Waals surface area (Å²) in [6.07, 6.45) is 1.33. The van der Waals surface area contributed by atoms with Crippen molar-refractivity contribution in [2.75, 3.05) is 25.2 Å². The molecule has 0 radical (unpaired) electrons. The van der Waals surface area contributed by atoms with Crippen molar-refractivity contribution in [1.29, 1.82) is 0 Å². The first-order chi connectivity index (χ1) is 9.76. The Balaban J connectivity index is 2.34. The Morgan fingerprint density at radius 3 is 2.75 bits per heavy atom. The molecule has 6 heteroatoms. The number of hydrogen-bond donors (Lipinski definition) is 2. The molecule has 0 saturated carbocycles. The van der Waals surface area contributed by atoms with Crippen molar-refractivity contribution in [3.05, 3.63) is 52.6 Å². The van der Waals surface area contributed by atoms with Crippen molar-refractivity contribution in [1.82, 2.24) is 9.97 Å². The van der Waals surface area contributed by atoms with E-state index in [1.807, 2.05) is 35.2 Å². The number of anilines is 1. The third-order valence-electron chi connectivity index (χ3n) is 2.88. The number of H-pyrrole nitrogens is 1. The zero-order chi connectivity index (χ0) is 14.4. The predicted octanol–water partition coefficient (Wildman–Crippen LogP) is 0.777. The maximum atomic E-state index is 11.7. The van der Waals surface area contributed by atoms with Crippen molar-refractivity contribution in [3.8, 4) is 5.75 Å². The quantitative estimate of drug-likeness (QED) is 0.814. The summed E-state index contributed by atoms with van der Waals surface area (Å²) in [5.41, 5.74) is 0.721. The van der Waals surface area contributed by atoms with Crippen LogP contribution in [0.3, 0.4) is 0 Å². The molecule has 2 rings (SSSR count). The lowest BCUT2D eigenvalue weighted by Crippen LogP contribution is -2.29. The second kappa shape index (κ2) is 6.72. The fraction of sp³-hybridized carbons (Fsp3) is 0.286. The summed E-state index contributed by atoms with van der Waals surface area (Å²) < 4.78 is 5.11. The molecule has 1 aromatic heterocycles. The summed E-state index contributed by atoms with van der Waals surface area (Å²) in [7, 11) is 1.43. The van der Waals surface area contributed by atoms with Gasteiger partial charge in [-0.25, -0.2) is 4.98 Å². The average Bonchev–Trinajstić information content (AvgIpc) is 2.47. The van der Waals surface area contributed by atoms with Gasteiger partial charge in [-0.2, -0.15) is 0 Å². The Morgan fingerprint density at radius 2 is 2.10 bits per heavy atom. The van der Waals surface area contributed by atoms with Crippen LogP contribution >= 0.6 is 0 Å². The van der Waals surface area contributed by atoms with Gasteiger partial charge in [0.05, 0.1) is 20.0 Å². The van der Waals surface area contributed by atoms with Crippen molar-refractivity contribution in [3.63, 3.8) is 0 Å². The van der Waals surface area contributed by atoms with E-state index in [1.54, 1.807) is 0 Å². The molecular weight excluding hydrogens is 258 g/mol. The minimum Gasteiger partial charge on any atom is -0.489 e. The van der Waals surface area contributed by atoms with Crippen LogP contribution in [0.4, 0.5) is 5.82 Å². The van der Waals surface area contributed by atoms with E-state index >= 15 is 0 Å². The smallest absolute Gasteiger partial charge is 0.295 e. The molecule has 0 saturated heterocycles. The highest BCUT2D eigenvalue weighted by Gasteiger charge is 2.16. The first-order valence-corrected chi connectivity index (χ1v) is 6.27. The second-order valence-electron chi connectivity index (χ2n) is 4.22. The van der Waals surface area contributed by atoms with Gasteiger partial charge in [0.2, 0.25) is 5.75 Å². The van der Waals surface area contributed by atoms with Crippen LogP contribution < -0.4 is 15.2 Å². The summed E-state index contributed by atoms with van der Waals surface area (Å²) in [4.78, 5) is 20.2. The van der Waals surface area contributed by atoms with E-state index < -0.39 is 0 Å². The van der Waals surface area contributed by atoms with Crippen molar-refractivity contribution < 1.29 is 9.84 Å². The molecule has 0 bridgehead atoms. The predicted molar refractivity (Wildman–Crippen MR) is 76.0 cm³/mol. The van der Waals surface area contributed by atoms with Gasteiger partial charge >= 0.3 is 0 Å². The fourth-order valence-electron chi connectivity index (χ4n) is 1.97. The van der Waals surface area contributed by atoms with E-state index in [2.05, 4.69) is 9.97 Å². The molecule has 0 spiro atoms. The van der Waals surface area contributed by atoms with Gasteiger partial charge in [0.15, 0.2) is 5.82 Å². The fourth-order valence-corrected chi connectivity index (χ4v) is 1.97. The number of benzene rings is 1. The normalized spacial score (nSPS) is 10.3. The third-order valence-corrected chi connectivity index (χ3v) is 2.88. The van der Waals surface area contributed by atoms with Crippen LogP contribution in [0, 0.1) is 0 Å². The number of aromatic amines is 1. The standard InChI is InChI=1S/C14H17N3O3/c1-20-12-13(15-10-16-14(12)19)17(7-8-18)9-11-5-3-2-4-6-11/h2-6,10,18H,7-9H2,1H3,(H,15,16,19). The average molecular weight is 275 g/mol. The monoisotopic (exact) mass is 275 g/mol. The van der Waals surface area contributed by atoms with Crippen molar-refractivity contribution in [2.45, 2.75) is 6.54 Å². The lowest BCUT2D eigenvalue weighted by atomic mass is 10.2. The summed E-state index contributed by atoms with van der Waals surface area (Å²) >= 11 is 0. The number of nitrogens with zero attached hydrogens (tertiary/aromatic N) is 2. The largest absolute Gasteiger partial charge is 0.489 e. The second-order valence-corrected chi connectivity index (χ2v) is 4.22. The first kappa shape index (κ1) is 14.1. The van der Waals surface area contributed by atoms with Gasteiger partial charge in [0.25, 0.3) is 5.56 Å². The van der Waals surface area contributed by atoms with E-state index in [-0.39, 0.29) is 17.9 Å². The number of rotatable bonds is 6. The van der Waals surface area contributed by atoms with Gasteiger partial charge in [-0.3, -0.25) is 4.79 Å². The Morgan fingerprint density at radius 1 is 1.35 bits per heavy atom. The van der Waals surface area contributed by atoms with Crippen LogP contribution in [0.1, 0.15) is 5.56 Å². The van der Waals surface area contributed by atoms with Gasteiger partial charge < -0.3 is 19.7 Å². The Labute approximate surface area is 116 Å². The number of aliphatic hydroxyl groups is 1. The lowest BCUT2D eigenvalue weighted by molar-refractivity contribution is 0.300. The molecule has 0 aliphatic rings. The van der Waals surface area contributed by atoms with E-state index in [0.717, 1.165) is 5.56 Å². The van der Waals surface area contributed by atoms with E-state index in [4.69, 9.17) is 4.74 Å². The van der Waals surface area contributed by atoms with Crippen LogP contribution in [0.25, 0.3) is 0 Å². The van der Waals surface area contributed by atoms with Gasteiger partial charge in [-0.1, -0.05) is 30.3 Å². The number of ether oxygens (including phenoxy) is 1. The van der Waals surface area contributed by atoms with E-state index in [1.165, 1.54) is 13.4 Å². The Bertz CT molecular complexity index is 598. The first-order valence-electron chi connectivity index (χ1n) is 6.27. The molecule has 0 amide bonds. The van der Waals surface area contributed by atoms with Crippen molar-refractivity contribution >= 4 is 5.82 Å². The summed E-state index contributed by atoms with van der Waals surface area (Å²) in [5.74, 6) is 0.575. The zero-order valence-electron chi connectivity index (χ0n) is 11.2. The molecule has 1 aromatic carbocycles. The van der Waals surface area contributed by atoms with E-state index in [0.29, 0.717) is 18.9 Å². The summed E-state index contributed by atoms with van der Waals surface area (Å²) in [5, 5.41) is 9.21. The van der Waals surface area contributed by atoms with Gasteiger partial charge in [-0.05, 0) is 5.56 Å². The SMILES string of the molecule is COc1c(N(CCO)Cc2ccccc2)nc[nH]c1=O. The van der Waals surface area contributed by atoms with Crippen LogP contribution in [0.2, 0.25) is 0 Å². The maximum Gasteiger partial charge on any atom is 0.295 e. The highest BCUT2D eigenvalue weighted by molar-refractivity contribution is 5.51. The molecule has 0 atom stereocenters. The molecule has 6 nitrogen and oxygen atoms in total. The molecule has 0 aliphatic carbocycles. The van der Waals surface area contributed by atoms with Gasteiger partial charge in [0, 0.05) is 13.1 Å². The number of aliphatic hydroxyl groups excluding tert-OH is 1. The summed E-state index contributed by atoms with van der Waals surface area (Å²) in [6, 6.07) is 9.77. The molecular formula is C14H17N3O3. The molecule has 0 fully saturated rings. The number of aromatic nitrogens is 2. The Hall–Kier alpha value is -2.34. The third kappa shape index (κ3) is 3.16. The zero-order valence-corrected chi connectivity index (χ0v) is 11.2.